The van der Waals surface area contributed by atoms with Crippen LogP contribution in [-0.2, 0) is 4.74 Å². The summed E-state index contributed by atoms with van der Waals surface area (Å²) < 4.78 is 5.60. The van der Waals surface area contributed by atoms with Crippen LogP contribution in [0.4, 0.5) is 4.79 Å². The monoisotopic (exact) mass is 423 g/mol. The highest BCUT2D eigenvalue weighted by Crippen LogP contribution is 2.30. The number of ether oxygens (including phenoxy) is 1. The molecule has 0 aromatic heterocycles. The first-order valence-electron chi connectivity index (χ1n) is 12.5. The number of hydrogen-bond donors (Lipinski definition) is 0. The molecule has 2 rings (SSSR count). The van der Waals surface area contributed by atoms with Crippen LogP contribution in [0, 0.1) is 17.8 Å². The molecule has 0 radical (unpaired) electrons. The quantitative estimate of drug-likeness (QED) is 0.544. The zero-order valence-electron chi connectivity index (χ0n) is 21.0. The van der Waals surface area contributed by atoms with Crippen molar-refractivity contribution in [3.8, 4) is 0 Å². The molecule has 0 aromatic rings. The molecule has 0 N–H and O–H groups in total. The Bertz CT molecular complexity index is 491. The van der Waals surface area contributed by atoms with Crippen molar-refractivity contribution in [1.29, 1.82) is 0 Å². The van der Waals surface area contributed by atoms with Crippen LogP contribution >= 0.6 is 0 Å². The van der Waals surface area contributed by atoms with Crippen LogP contribution < -0.4 is 0 Å². The molecular formula is C25H49N3O2. The van der Waals surface area contributed by atoms with Gasteiger partial charge in [-0.1, -0.05) is 47.0 Å². The number of rotatable bonds is 8. The van der Waals surface area contributed by atoms with Gasteiger partial charge in [-0.2, -0.15) is 0 Å². The van der Waals surface area contributed by atoms with Crippen LogP contribution in [0.5, 0.6) is 0 Å². The summed E-state index contributed by atoms with van der Waals surface area (Å²) in [7, 11) is 0. The fraction of sp³-hybridized carbons (Fsp3) is 0.960. The number of hydrogen-bond acceptors (Lipinski definition) is 4. The van der Waals surface area contributed by atoms with E-state index in [-0.39, 0.29) is 6.09 Å². The molecule has 5 nitrogen and oxygen atoms in total. The Hall–Kier alpha value is -0.810. The third-order valence-corrected chi connectivity index (χ3v) is 6.32. The van der Waals surface area contributed by atoms with Gasteiger partial charge in [-0.25, -0.2) is 4.79 Å². The SMILES string of the molecule is CC(C)CN(CC(C)C)CC(C1CCCCC1)N1CCN(C(=O)OC(C)(C)C)CC1. The molecule has 1 saturated heterocycles. The highest BCUT2D eigenvalue weighted by Gasteiger charge is 2.34. The van der Waals surface area contributed by atoms with E-state index in [0.717, 1.165) is 32.1 Å². The van der Waals surface area contributed by atoms with Crippen molar-refractivity contribution in [1.82, 2.24) is 14.7 Å². The van der Waals surface area contributed by atoms with E-state index in [0.29, 0.717) is 17.9 Å². The largest absolute Gasteiger partial charge is 0.444 e. The molecule has 1 aliphatic heterocycles. The lowest BCUT2D eigenvalue weighted by molar-refractivity contribution is -0.000741. The number of carbonyl (C=O) groups excluding carboxylic acids is 1. The smallest absolute Gasteiger partial charge is 0.410 e. The maximum atomic E-state index is 12.5. The molecule has 1 atom stereocenters. The molecule has 30 heavy (non-hydrogen) atoms. The van der Waals surface area contributed by atoms with Gasteiger partial charge in [-0.15, -0.1) is 0 Å². The van der Waals surface area contributed by atoms with E-state index in [9.17, 15) is 4.79 Å². The van der Waals surface area contributed by atoms with Crippen LogP contribution in [0.1, 0.15) is 80.6 Å². The van der Waals surface area contributed by atoms with Crippen molar-refractivity contribution < 1.29 is 9.53 Å². The average molecular weight is 424 g/mol. The topological polar surface area (TPSA) is 36.0 Å². The second-order valence-corrected chi connectivity index (χ2v) is 11.5. The lowest BCUT2D eigenvalue weighted by Gasteiger charge is -2.45. The first-order valence-corrected chi connectivity index (χ1v) is 12.5. The van der Waals surface area contributed by atoms with Crippen LogP contribution in [0.3, 0.4) is 0 Å². The maximum absolute atomic E-state index is 12.5. The Balaban J connectivity index is 2.03. The van der Waals surface area contributed by atoms with E-state index >= 15 is 0 Å². The molecule has 2 fully saturated rings. The van der Waals surface area contributed by atoms with Crippen molar-refractivity contribution >= 4 is 6.09 Å². The van der Waals surface area contributed by atoms with Gasteiger partial charge in [-0.05, 0) is 51.4 Å². The molecule has 1 unspecified atom stereocenters. The number of amides is 1. The van der Waals surface area contributed by atoms with Gasteiger partial charge in [0, 0.05) is 51.9 Å². The number of carbonyl (C=O) groups is 1. The second-order valence-electron chi connectivity index (χ2n) is 11.5. The summed E-state index contributed by atoms with van der Waals surface area (Å²) in [6.45, 7) is 22.2. The van der Waals surface area contributed by atoms with Gasteiger partial charge < -0.3 is 14.5 Å². The van der Waals surface area contributed by atoms with Crippen molar-refractivity contribution in [2.45, 2.75) is 92.2 Å². The molecule has 1 heterocycles. The molecule has 0 bridgehead atoms. The Labute approximate surface area is 186 Å². The second kappa shape index (κ2) is 11.7. The molecule has 176 valence electrons. The predicted octanol–water partition coefficient (Wildman–Crippen LogP) is 5.10. The molecular weight excluding hydrogens is 374 g/mol. The van der Waals surface area contributed by atoms with E-state index in [4.69, 9.17) is 4.74 Å². The molecule has 1 aliphatic carbocycles. The molecule has 2 aliphatic rings. The lowest BCUT2D eigenvalue weighted by Crippen LogP contribution is -2.57. The Morgan fingerprint density at radius 3 is 1.90 bits per heavy atom. The summed E-state index contributed by atoms with van der Waals surface area (Å²) in [5, 5.41) is 0. The third-order valence-electron chi connectivity index (χ3n) is 6.32. The molecule has 1 saturated carbocycles. The average Bonchev–Trinajstić information content (AvgIpc) is 2.64. The van der Waals surface area contributed by atoms with E-state index in [1.54, 1.807) is 0 Å². The van der Waals surface area contributed by atoms with E-state index in [1.165, 1.54) is 51.7 Å². The molecule has 1 amide bonds. The van der Waals surface area contributed by atoms with Crippen molar-refractivity contribution in [3.63, 3.8) is 0 Å². The summed E-state index contributed by atoms with van der Waals surface area (Å²) in [6, 6.07) is 0.614. The summed E-state index contributed by atoms with van der Waals surface area (Å²) >= 11 is 0. The Kier molecular flexibility index (Phi) is 9.93. The Morgan fingerprint density at radius 2 is 1.43 bits per heavy atom. The normalized spacial score (nSPS) is 20.9. The Morgan fingerprint density at radius 1 is 0.900 bits per heavy atom. The minimum Gasteiger partial charge on any atom is -0.444 e. The fourth-order valence-corrected chi connectivity index (χ4v) is 5.17. The van der Waals surface area contributed by atoms with Crippen LogP contribution in [0.2, 0.25) is 0 Å². The highest BCUT2D eigenvalue weighted by atomic mass is 16.6. The van der Waals surface area contributed by atoms with Crippen molar-refractivity contribution in [2.75, 3.05) is 45.8 Å². The lowest BCUT2D eigenvalue weighted by atomic mass is 9.82. The van der Waals surface area contributed by atoms with Gasteiger partial charge in [0.05, 0.1) is 0 Å². The summed E-state index contributed by atoms with van der Waals surface area (Å²) in [4.78, 5) is 19.8. The first-order chi connectivity index (χ1) is 14.0. The maximum Gasteiger partial charge on any atom is 0.410 e. The van der Waals surface area contributed by atoms with Gasteiger partial charge in [0.2, 0.25) is 0 Å². The first kappa shape index (κ1) is 25.5. The summed E-state index contributed by atoms with van der Waals surface area (Å²) in [5.41, 5.74) is -0.424. The summed E-state index contributed by atoms with van der Waals surface area (Å²) in [6.07, 6.45) is 6.75. The standard InChI is InChI=1S/C25H49N3O2/c1-20(2)17-26(18-21(3)4)19-23(22-11-9-8-10-12-22)27-13-15-28(16-14-27)24(29)30-25(5,6)7/h20-23H,8-19H2,1-7H3. The minimum absolute atomic E-state index is 0.155. The van der Waals surface area contributed by atoms with Crippen LogP contribution in [0.25, 0.3) is 0 Å². The van der Waals surface area contributed by atoms with Crippen molar-refractivity contribution in [3.05, 3.63) is 0 Å². The van der Waals surface area contributed by atoms with Gasteiger partial charge in [0.1, 0.15) is 5.60 Å². The zero-order valence-corrected chi connectivity index (χ0v) is 21.0. The number of nitrogens with zero attached hydrogens (tertiary/aromatic N) is 3. The van der Waals surface area contributed by atoms with Crippen LogP contribution in [0.15, 0.2) is 0 Å². The van der Waals surface area contributed by atoms with E-state index in [1.807, 2.05) is 25.7 Å². The van der Waals surface area contributed by atoms with Gasteiger partial charge >= 0.3 is 6.09 Å². The fourth-order valence-electron chi connectivity index (χ4n) is 5.17. The molecule has 0 aromatic carbocycles. The van der Waals surface area contributed by atoms with Gasteiger partial charge in [-0.3, -0.25) is 4.90 Å². The highest BCUT2D eigenvalue weighted by molar-refractivity contribution is 5.68. The van der Waals surface area contributed by atoms with Gasteiger partial charge in [0.25, 0.3) is 0 Å². The molecule has 0 spiro atoms. The van der Waals surface area contributed by atoms with Crippen molar-refractivity contribution in [2.24, 2.45) is 17.8 Å². The van der Waals surface area contributed by atoms with Gasteiger partial charge in [0.15, 0.2) is 0 Å². The van der Waals surface area contributed by atoms with E-state index < -0.39 is 5.60 Å². The summed E-state index contributed by atoms with van der Waals surface area (Å²) in [5.74, 6) is 2.19. The van der Waals surface area contributed by atoms with E-state index in [2.05, 4.69) is 37.5 Å². The number of piperazine rings is 1. The molecule has 5 heteroatoms. The van der Waals surface area contributed by atoms with Crippen LogP contribution in [-0.4, -0.2) is 78.2 Å². The minimum atomic E-state index is -0.424. The predicted molar refractivity (Wildman–Crippen MR) is 126 cm³/mol. The third kappa shape index (κ3) is 8.74. The zero-order chi connectivity index (χ0) is 22.3.